The first-order valence-electron chi connectivity index (χ1n) is 5.88. The van der Waals surface area contributed by atoms with Gasteiger partial charge in [-0.15, -0.1) is 0 Å². The first kappa shape index (κ1) is 11.9. The smallest absolute Gasteiger partial charge is 0.0885 e. The summed E-state index contributed by atoms with van der Waals surface area (Å²) in [5.41, 5.74) is 4.42. The quantitative estimate of drug-likeness (QED) is 0.876. The van der Waals surface area contributed by atoms with E-state index in [0.29, 0.717) is 6.61 Å². The topological polar surface area (TPSA) is 34.1 Å². The van der Waals surface area contributed by atoms with Gasteiger partial charge in [0, 0.05) is 25.2 Å². The fraction of sp³-hybridized carbons (Fsp3) is 0.357. The van der Waals surface area contributed by atoms with Gasteiger partial charge in [-0.2, -0.15) is 0 Å². The van der Waals surface area contributed by atoms with Crippen LogP contribution in [-0.2, 0) is 17.8 Å². The van der Waals surface area contributed by atoms with E-state index in [1.807, 2.05) is 13.1 Å². The van der Waals surface area contributed by atoms with Crippen LogP contribution in [0.4, 0.5) is 5.69 Å². The van der Waals surface area contributed by atoms with Crippen LogP contribution in [-0.4, -0.2) is 19.1 Å². The Kier molecular flexibility index (Phi) is 3.59. The molecule has 90 valence electrons. The number of benzene rings is 1. The zero-order valence-electron chi connectivity index (χ0n) is 10.6. The second kappa shape index (κ2) is 5.15. The molecule has 0 aliphatic carbocycles. The van der Waals surface area contributed by atoms with E-state index in [2.05, 4.69) is 35.4 Å². The number of para-hydroxylation sites is 1. The third kappa shape index (κ3) is 2.24. The molecule has 1 aromatic carbocycles. The molecule has 0 amide bonds. The van der Waals surface area contributed by atoms with E-state index in [1.54, 1.807) is 7.11 Å². The molecule has 2 aromatic rings. The second-order valence-electron chi connectivity index (χ2n) is 4.01. The predicted octanol–water partition coefficient (Wildman–Crippen LogP) is 2.99. The number of aryl methyl sites for hydroxylation is 1. The standard InChI is InChI=1S/C14H18N2O/c1-4-10-6-5-7-12-13(15-2)8-11(9-17-3)16-14(10)12/h5-8H,4,9H2,1-3H3,(H,15,16). The normalized spacial score (nSPS) is 10.8. The molecule has 0 aliphatic heterocycles. The van der Waals surface area contributed by atoms with Gasteiger partial charge in [0.05, 0.1) is 17.8 Å². The summed E-state index contributed by atoms with van der Waals surface area (Å²) in [4.78, 5) is 4.68. The minimum absolute atomic E-state index is 0.544. The number of nitrogens with one attached hydrogen (secondary N) is 1. The number of anilines is 1. The Balaban J connectivity index is 2.68. The second-order valence-corrected chi connectivity index (χ2v) is 4.01. The molecule has 0 atom stereocenters. The van der Waals surface area contributed by atoms with Crippen LogP contribution in [0.3, 0.4) is 0 Å². The van der Waals surface area contributed by atoms with Crippen molar-refractivity contribution in [2.75, 3.05) is 19.5 Å². The highest BCUT2D eigenvalue weighted by atomic mass is 16.5. The number of rotatable bonds is 4. The van der Waals surface area contributed by atoms with E-state index < -0.39 is 0 Å². The molecule has 1 N–H and O–H groups in total. The van der Waals surface area contributed by atoms with Gasteiger partial charge in [0.2, 0.25) is 0 Å². The molecule has 3 heteroatoms. The van der Waals surface area contributed by atoms with Gasteiger partial charge in [-0.05, 0) is 18.1 Å². The number of pyridine rings is 1. The Morgan fingerprint density at radius 2 is 2.18 bits per heavy atom. The summed E-state index contributed by atoms with van der Waals surface area (Å²) >= 11 is 0. The van der Waals surface area contributed by atoms with Gasteiger partial charge < -0.3 is 10.1 Å². The van der Waals surface area contributed by atoms with Crippen molar-refractivity contribution >= 4 is 16.6 Å². The molecule has 0 saturated heterocycles. The number of aromatic nitrogens is 1. The molecule has 17 heavy (non-hydrogen) atoms. The van der Waals surface area contributed by atoms with Crippen molar-refractivity contribution < 1.29 is 4.74 Å². The van der Waals surface area contributed by atoms with E-state index in [1.165, 1.54) is 10.9 Å². The number of hydrogen-bond donors (Lipinski definition) is 1. The molecule has 0 bridgehead atoms. The Hall–Kier alpha value is -1.61. The SMILES string of the molecule is CCc1cccc2c(NC)cc(COC)nc12. The summed E-state index contributed by atoms with van der Waals surface area (Å²) in [6.45, 7) is 2.70. The third-order valence-electron chi connectivity index (χ3n) is 2.92. The van der Waals surface area contributed by atoms with Crippen LogP contribution in [0, 0.1) is 0 Å². The van der Waals surface area contributed by atoms with Crippen molar-refractivity contribution in [3.63, 3.8) is 0 Å². The molecule has 0 saturated carbocycles. The van der Waals surface area contributed by atoms with Crippen LogP contribution in [0.5, 0.6) is 0 Å². The van der Waals surface area contributed by atoms with Crippen LogP contribution in [0.1, 0.15) is 18.2 Å². The van der Waals surface area contributed by atoms with Gasteiger partial charge in [0.15, 0.2) is 0 Å². The molecule has 1 aromatic heterocycles. The Labute approximate surface area is 102 Å². The zero-order chi connectivity index (χ0) is 12.3. The lowest BCUT2D eigenvalue weighted by Gasteiger charge is -2.11. The van der Waals surface area contributed by atoms with Crippen molar-refractivity contribution in [1.82, 2.24) is 4.98 Å². The number of methoxy groups -OCH3 is 1. The zero-order valence-corrected chi connectivity index (χ0v) is 10.6. The summed E-state index contributed by atoms with van der Waals surface area (Å²) in [6.07, 6.45) is 0.990. The Morgan fingerprint density at radius 1 is 1.35 bits per heavy atom. The molecule has 0 radical (unpaired) electrons. The van der Waals surface area contributed by atoms with E-state index in [-0.39, 0.29) is 0 Å². The Bertz CT molecular complexity index is 523. The lowest BCUT2D eigenvalue weighted by Crippen LogP contribution is -1.99. The highest BCUT2D eigenvalue weighted by molar-refractivity contribution is 5.93. The van der Waals surface area contributed by atoms with E-state index in [4.69, 9.17) is 4.74 Å². The first-order valence-corrected chi connectivity index (χ1v) is 5.88. The molecule has 0 unspecified atom stereocenters. The average Bonchev–Trinajstić information content (AvgIpc) is 2.37. The third-order valence-corrected chi connectivity index (χ3v) is 2.92. The first-order chi connectivity index (χ1) is 8.30. The highest BCUT2D eigenvalue weighted by Crippen LogP contribution is 2.26. The molecular weight excluding hydrogens is 212 g/mol. The molecule has 0 aliphatic rings. The molecule has 3 nitrogen and oxygen atoms in total. The summed E-state index contributed by atoms with van der Waals surface area (Å²) in [5.74, 6) is 0. The summed E-state index contributed by atoms with van der Waals surface area (Å²) < 4.78 is 5.16. The van der Waals surface area contributed by atoms with E-state index in [9.17, 15) is 0 Å². The van der Waals surface area contributed by atoms with Gasteiger partial charge in [0.25, 0.3) is 0 Å². The number of ether oxygens (including phenoxy) is 1. The molecule has 0 spiro atoms. The van der Waals surface area contributed by atoms with Crippen LogP contribution in [0.15, 0.2) is 24.3 Å². The van der Waals surface area contributed by atoms with Crippen LogP contribution < -0.4 is 5.32 Å². The van der Waals surface area contributed by atoms with E-state index >= 15 is 0 Å². The highest BCUT2D eigenvalue weighted by Gasteiger charge is 2.07. The van der Waals surface area contributed by atoms with Crippen molar-refractivity contribution in [3.05, 3.63) is 35.5 Å². The fourth-order valence-electron chi connectivity index (χ4n) is 2.07. The fourth-order valence-corrected chi connectivity index (χ4v) is 2.07. The number of fused-ring (bicyclic) bond motifs is 1. The molecule has 1 heterocycles. The predicted molar refractivity (Wildman–Crippen MR) is 71.4 cm³/mol. The summed E-state index contributed by atoms with van der Waals surface area (Å²) in [5, 5.41) is 4.40. The number of nitrogens with zero attached hydrogens (tertiary/aromatic N) is 1. The molecular formula is C14H18N2O. The van der Waals surface area contributed by atoms with Gasteiger partial charge in [-0.25, -0.2) is 4.98 Å². The monoisotopic (exact) mass is 230 g/mol. The largest absolute Gasteiger partial charge is 0.388 e. The summed E-state index contributed by atoms with van der Waals surface area (Å²) in [6, 6.07) is 8.36. The van der Waals surface area contributed by atoms with Crippen LogP contribution in [0.25, 0.3) is 10.9 Å². The van der Waals surface area contributed by atoms with Gasteiger partial charge in [0.1, 0.15) is 0 Å². The maximum atomic E-state index is 5.16. The Morgan fingerprint density at radius 3 is 2.82 bits per heavy atom. The minimum atomic E-state index is 0.544. The summed E-state index contributed by atoms with van der Waals surface area (Å²) in [7, 11) is 3.63. The maximum Gasteiger partial charge on any atom is 0.0885 e. The lowest BCUT2D eigenvalue weighted by atomic mass is 10.1. The average molecular weight is 230 g/mol. The van der Waals surface area contributed by atoms with E-state index in [0.717, 1.165) is 23.3 Å². The van der Waals surface area contributed by atoms with Crippen LogP contribution in [0.2, 0.25) is 0 Å². The maximum absolute atomic E-state index is 5.16. The van der Waals surface area contributed by atoms with Gasteiger partial charge in [-0.3, -0.25) is 0 Å². The number of hydrogen-bond acceptors (Lipinski definition) is 3. The lowest BCUT2D eigenvalue weighted by molar-refractivity contribution is 0.182. The van der Waals surface area contributed by atoms with Crippen molar-refractivity contribution in [2.45, 2.75) is 20.0 Å². The molecule has 2 rings (SSSR count). The van der Waals surface area contributed by atoms with Gasteiger partial charge in [-0.1, -0.05) is 25.1 Å². The minimum Gasteiger partial charge on any atom is -0.388 e. The van der Waals surface area contributed by atoms with Crippen molar-refractivity contribution in [2.24, 2.45) is 0 Å². The van der Waals surface area contributed by atoms with Gasteiger partial charge >= 0.3 is 0 Å². The molecule has 0 fully saturated rings. The van der Waals surface area contributed by atoms with Crippen molar-refractivity contribution in [3.8, 4) is 0 Å². The van der Waals surface area contributed by atoms with Crippen LogP contribution >= 0.6 is 0 Å². The van der Waals surface area contributed by atoms with Crippen molar-refractivity contribution in [1.29, 1.82) is 0 Å².